The first-order valence-electron chi connectivity index (χ1n) is 4.37. The molecule has 2 heterocycles. The van der Waals surface area contributed by atoms with Gasteiger partial charge in [0.05, 0.1) is 10.6 Å². The van der Waals surface area contributed by atoms with Crippen molar-refractivity contribution in [3.63, 3.8) is 0 Å². The number of alkyl halides is 1. The predicted octanol–water partition coefficient (Wildman–Crippen LogP) is 3.65. The third-order valence-corrected chi connectivity index (χ3v) is 3.21. The maximum Gasteiger partial charge on any atom is 0.236 e. The van der Waals surface area contributed by atoms with Gasteiger partial charge in [-0.1, -0.05) is 22.0 Å². The van der Waals surface area contributed by atoms with Crippen LogP contribution in [0.25, 0.3) is 10.8 Å². The molecule has 0 N–H and O–H groups in total. The number of hydrogen-bond donors (Lipinski definition) is 0. The van der Waals surface area contributed by atoms with E-state index in [1.807, 2.05) is 24.4 Å². The van der Waals surface area contributed by atoms with Gasteiger partial charge in [-0.2, -0.15) is 0 Å². The maximum atomic E-state index is 5.59. The molecule has 0 bridgehead atoms. The molecule has 0 aliphatic rings. The average molecular weight is 272 g/mol. The first kappa shape index (κ1) is 9.93. The highest BCUT2D eigenvalue weighted by Crippen LogP contribution is 2.26. The van der Waals surface area contributed by atoms with Crippen LogP contribution in [-0.4, -0.2) is 10.3 Å². The summed E-state index contributed by atoms with van der Waals surface area (Å²) in [5.41, 5.74) is 1.05. The maximum absolute atomic E-state index is 5.59. The van der Waals surface area contributed by atoms with E-state index in [0.29, 0.717) is 0 Å². The normalized spacial score (nSPS) is 10.7. The molecule has 0 saturated heterocycles. The molecule has 0 saturated carbocycles. The van der Waals surface area contributed by atoms with Crippen molar-refractivity contribution in [2.24, 2.45) is 0 Å². The number of halogens is 1. The van der Waals surface area contributed by atoms with Crippen molar-refractivity contribution in [2.45, 2.75) is 13.3 Å². The molecule has 0 spiro atoms. The second-order valence-corrected chi connectivity index (χ2v) is 4.68. The molecule has 0 aliphatic heterocycles. The van der Waals surface area contributed by atoms with Gasteiger partial charge in [0.2, 0.25) is 5.89 Å². The Morgan fingerprint density at radius 3 is 3.07 bits per heavy atom. The molecule has 0 aromatic carbocycles. The summed E-state index contributed by atoms with van der Waals surface area (Å²) in [5, 5.41) is 2.95. The minimum atomic E-state index is 0.744. The van der Waals surface area contributed by atoms with Crippen molar-refractivity contribution >= 4 is 27.3 Å². The summed E-state index contributed by atoms with van der Waals surface area (Å²) in [6, 6.07) is 4.03. The first-order chi connectivity index (χ1) is 6.81. The number of nitrogens with zero attached hydrogens (tertiary/aromatic N) is 1. The van der Waals surface area contributed by atoms with Crippen LogP contribution in [0.5, 0.6) is 0 Å². The molecule has 4 heteroatoms. The largest absolute Gasteiger partial charge is 0.440 e. The molecule has 14 heavy (non-hydrogen) atoms. The fraction of sp³-hybridized carbons (Fsp3) is 0.300. The van der Waals surface area contributed by atoms with Gasteiger partial charge in [0.25, 0.3) is 0 Å². The van der Waals surface area contributed by atoms with Gasteiger partial charge >= 0.3 is 0 Å². The number of aromatic nitrogens is 1. The Kier molecular flexibility index (Phi) is 3.03. The van der Waals surface area contributed by atoms with E-state index in [9.17, 15) is 0 Å². The van der Waals surface area contributed by atoms with E-state index in [1.165, 1.54) is 0 Å². The summed E-state index contributed by atoms with van der Waals surface area (Å²) in [4.78, 5) is 5.55. The number of aryl methyl sites for hydroxylation is 2. The fourth-order valence-corrected chi connectivity index (χ4v) is 2.28. The van der Waals surface area contributed by atoms with E-state index in [1.54, 1.807) is 11.3 Å². The number of oxazole rings is 1. The standard InChI is InChI=1S/C10H10BrNOS/c1-7-8(4-5-11)12-10(13-7)9-3-2-6-14-9/h2-3,6H,4-5H2,1H3. The van der Waals surface area contributed by atoms with Crippen LogP contribution in [-0.2, 0) is 6.42 Å². The van der Waals surface area contributed by atoms with Gasteiger partial charge in [0.1, 0.15) is 5.76 Å². The van der Waals surface area contributed by atoms with Gasteiger partial charge in [0.15, 0.2) is 0 Å². The highest BCUT2D eigenvalue weighted by Gasteiger charge is 2.10. The van der Waals surface area contributed by atoms with Crippen molar-refractivity contribution < 1.29 is 4.42 Å². The zero-order valence-corrected chi connectivity index (χ0v) is 10.2. The summed E-state index contributed by atoms with van der Waals surface area (Å²) in [6.45, 7) is 1.96. The highest BCUT2D eigenvalue weighted by atomic mass is 79.9. The van der Waals surface area contributed by atoms with Crippen molar-refractivity contribution in [3.05, 3.63) is 29.0 Å². The van der Waals surface area contributed by atoms with Crippen LogP contribution in [0.15, 0.2) is 21.9 Å². The van der Waals surface area contributed by atoms with Crippen LogP contribution in [0.2, 0.25) is 0 Å². The predicted molar refractivity (Wildman–Crippen MR) is 62.1 cm³/mol. The quantitative estimate of drug-likeness (QED) is 0.797. The summed E-state index contributed by atoms with van der Waals surface area (Å²) in [7, 11) is 0. The second-order valence-electron chi connectivity index (χ2n) is 2.94. The Labute approximate surface area is 95.1 Å². The van der Waals surface area contributed by atoms with Crippen LogP contribution < -0.4 is 0 Å². The Balaban J connectivity index is 2.33. The van der Waals surface area contributed by atoms with Crippen molar-refractivity contribution in [2.75, 3.05) is 5.33 Å². The molecular weight excluding hydrogens is 262 g/mol. The van der Waals surface area contributed by atoms with E-state index in [4.69, 9.17) is 4.42 Å². The molecule has 74 valence electrons. The SMILES string of the molecule is Cc1oc(-c2cccs2)nc1CCBr. The van der Waals surface area contributed by atoms with Crippen LogP contribution in [0.3, 0.4) is 0 Å². The summed E-state index contributed by atoms with van der Waals surface area (Å²) in [5.74, 6) is 1.67. The van der Waals surface area contributed by atoms with E-state index >= 15 is 0 Å². The van der Waals surface area contributed by atoms with E-state index < -0.39 is 0 Å². The Morgan fingerprint density at radius 2 is 2.43 bits per heavy atom. The van der Waals surface area contributed by atoms with Crippen LogP contribution in [0, 0.1) is 6.92 Å². The monoisotopic (exact) mass is 271 g/mol. The lowest BCUT2D eigenvalue weighted by Crippen LogP contribution is -1.87. The van der Waals surface area contributed by atoms with Crippen molar-refractivity contribution in [1.82, 2.24) is 4.98 Å². The molecule has 0 fully saturated rings. The van der Waals surface area contributed by atoms with Crippen LogP contribution in [0.4, 0.5) is 0 Å². The lowest BCUT2D eigenvalue weighted by Gasteiger charge is -1.88. The number of thiophene rings is 1. The molecule has 2 nitrogen and oxygen atoms in total. The Bertz CT molecular complexity index is 408. The molecule has 0 aliphatic carbocycles. The average Bonchev–Trinajstić information content (AvgIpc) is 2.76. The second kappa shape index (κ2) is 4.28. The third-order valence-electron chi connectivity index (χ3n) is 1.96. The first-order valence-corrected chi connectivity index (χ1v) is 6.37. The topological polar surface area (TPSA) is 26.0 Å². The number of hydrogen-bond acceptors (Lipinski definition) is 3. The van der Waals surface area contributed by atoms with Gasteiger partial charge < -0.3 is 4.42 Å². The lowest BCUT2D eigenvalue weighted by atomic mass is 10.3. The van der Waals surface area contributed by atoms with Gasteiger partial charge in [-0.05, 0) is 18.4 Å². The Hall–Kier alpha value is -0.610. The zero-order valence-electron chi connectivity index (χ0n) is 7.79. The third kappa shape index (κ3) is 1.91. The Morgan fingerprint density at radius 1 is 1.57 bits per heavy atom. The fourth-order valence-electron chi connectivity index (χ4n) is 1.26. The minimum absolute atomic E-state index is 0.744. The van der Waals surface area contributed by atoms with E-state index in [-0.39, 0.29) is 0 Å². The van der Waals surface area contributed by atoms with E-state index in [2.05, 4.69) is 20.9 Å². The van der Waals surface area contributed by atoms with Crippen molar-refractivity contribution in [3.8, 4) is 10.8 Å². The van der Waals surface area contributed by atoms with Crippen molar-refractivity contribution in [1.29, 1.82) is 0 Å². The smallest absolute Gasteiger partial charge is 0.236 e. The molecule has 2 aromatic heterocycles. The van der Waals surface area contributed by atoms with E-state index in [0.717, 1.165) is 34.0 Å². The summed E-state index contributed by atoms with van der Waals surface area (Å²) < 4.78 is 5.59. The highest BCUT2D eigenvalue weighted by molar-refractivity contribution is 9.09. The van der Waals surface area contributed by atoms with Gasteiger partial charge in [-0.25, -0.2) is 4.98 Å². The molecule has 2 rings (SSSR count). The summed E-state index contributed by atoms with van der Waals surface area (Å²) in [6.07, 6.45) is 0.917. The molecule has 0 atom stereocenters. The molecule has 0 unspecified atom stereocenters. The van der Waals surface area contributed by atoms with Gasteiger partial charge in [-0.3, -0.25) is 0 Å². The van der Waals surface area contributed by atoms with Gasteiger partial charge in [-0.15, -0.1) is 11.3 Å². The van der Waals surface area contributed by atoms with Gasteiger partial charge in [0, 0.05) is 11.8 Å². The van der Waals surface area contributed by atoms with Crippen LogP contribution in [0.1, 0.15) is 11.5 Å². The minimum Gasteiger partial charge on any atom is -0.440 e. The molecule has 0 radical (unpaired) electrons. The van der Waals surface area contributed by atoms with Crippen LogP contribution >= 0.6 is 27.3 Å². The molecule has 2 aromatic rings. The summed E-state index contributed by atoms with van der Waals surface area (Å²) >= 11 is 5.05. The molecular formula is C10H10BrNOS. The number of rotatable bonds is 3. The zero-order chi connectivity index (χ0) is 9.97. The lowest BCUT2D eigenvalue weighted by molar-refractivity contribution is 0.541. The molecule has 0 amide bonds.